The van der Waals surface area contributed by atoms with Crippen molar-refractivity contribution in [2.75, 3.05) is 31.1 Å². The molecule has 4 aromatic rings. The third-order valence-electron chi connectivity index (χ3n) is 5.31. The first kappa shape index (κ1) is 19.6. The maximum Gasteiger partial charge on any atom is 0.257 e. The van der Waals surface area contributed by atoms with Gasteiger partial charge < -0.3 is 14.2 Å². The van der Waals surface area contributed by atoms with Gasteiger partial charge in [0.05, 0.1) is 6.20 Å². The SMILES string of the molecule is O=C(c1ccccc1CSc1nc2ccccc2o1)N1CCN(c2cnccn2)CC1. The van der Waals surface area contributed by atoms with Crippen LogP contribution in [0.15, 0.2) is 76.8 Å². The van der Waals surface area contributed by atoms with Gasteiger partial charge in [-0.05, 0) is 23.8 Å². The van der Waals surface area contributed by atoms with Crippen molar-refractivity contribution < 1.29 is 9.21 Å². The highest BCUT2D eigenvalue weighted by atomic mass is 32.2. The van der Waals surface area contributed by atoms with Crippen LogP contribution in [0.1, 0.15) is 15.9 Å². The Morgan fingerprint density at radius 3 is 2.61 bits per heavy atom. The van der Waals surface area contributed by atoms with Gasteiger partial charge >= 0.3 is 0 Å². The summed E-state index contributed by atoms with van der Waals surface area (Å²) in [5, 5.41) is 0.612. The lowest BCUT2D eigenvalue weighted by molar-refractivity contribution is 0.0745. The van der Waals surface area contributed by atoms with Crippen molar-refractivity contribution in [1.29, 1.82) is 0 Å². The number of rotatable bonds is 5. The number of para-hydroxylation sites is 2. The number of benzene rings is 2. The number of oxazole rings is 1. The first-order valence-electron chi connectivity index (χ1n) is 10.1. The predicted octanol–water partition coefficient (Wildman–Crippen LogP) is 3.87. The Bertz CT molecular complexity index is 1160. The van der Waals surface area contributed by atoms with Gasteiger partial charge in [0.15, 0.2) is 5.58 Å². The summed E-state index contributed by atoms with van der Waals surface area (Å²) in [6.45, 7) is 2.79. The molecule has 7 nitrogen and oxygen atoms in total. The largest absolute Gasteiger partial charge is 0.431 e. The highest BCUT2D eigenvalue weighted by Crippen LogP contribution is 2.28. The highest BCUT2D eigenvalue weighted by Gasteiger charge is 2.24. The molecule has 0 saturated carbocycles. The van der Waals surface area contributed by atoms with Crippen molar-refractivity contribution >= 4 is 34.6 Å². The van der Waals surface area contributed by atoms with Gasteiger partial charge in [0.1, 0.15) is 11.3 Å². The fourth-order valence-electron chi connectivity index (χ4n) is 3.67. The minimum Gasteiger partial charge on any atom is -0.431 e. The van der Waals surface area contributed by atoms with Crippen LogP contribution in [-0.4, -0.2) is 51.9 Å². The monoisotopic (exact) mass is 431 g/mol. The fourth-order valence-corrected chi connectivity index (χ4v) is 4.51. The van der Waals surface area contributed by atoms with Crippen molar-refractivity contribution in [2.45, 2.75) is 11.0 Å². The maximum absolute atomic E-state index is 13.2. The van der Waals surface area contributed by atoms with Crippen LogP contribution in [0.25, 0.3) is 11.1 Å². The molecule has 3 heterocycles. The Morgan fingerprint density at radius 2 is 1.81 bits per heavy atom. The van der Waals surface area contributed by atoms with Crippen LogP contribution in [0.4, 0.5) is 5.82 Å². The summed E-state index contributed by atoms with van der Waals surface area (Å²) in [5.41, 5.74) is 3.33. The number of hydrogen-bond donors (Lipinski definition) is 0. The van der Waals surface area contributed by atoms with E-state index in [2.05, 4.69) is 19.9 Å². The van der Waals surface area contributed by atoms with Gasteiger partial charge in [0.2, 0.25) is 0 Å². The van der Waals surface area contributed by atoms with Crippen LogP contribution in [-0.2, 0) is 5.75 Å². The second kappa shape index (κ2) is 8.77. The predicted molar refractivity (Wildman–Crippen MR) is 120 cm³/mol. The van der Waals surface area contributed by atoms with Crippen LogP contribution in [0.2, 0.25) is 0 Å². The second-order valence-corrected chi connectivity index (χ2v) is 8.16. The molecule has 8 heteroatoms. The zero-order valence-corrected chi connectivity index (χ0v) is 17.7. The van der Waals surface area contributed by atoms with E-state index < -0.39 is 0 Å². The molecule has 156 valence electrons. The topological polar surface area (TPSA) is 75.4 Å². The zero-order valence-electron chi connectivity index (χ0n) is 16.8. The summed E-state index contributed by atoms with van der Waals surface area (Å²) in [5.74, 6) is 1.53. The molecular weight excluding hydrogens is 410 g/mol. The third-order valence-corrected chi connectivity index (χ3v) is 6.19. The van der Waals surface area contributed by atoms with Crippen LogP contribution in [0.5, 0.6) is 0 Å². The van der Waals surface area contributed by atoms with Crippen molar-refractivity contribution in [1.82, 2.24) is 19.9 Å². The summed E-state index contributed by atoms with van der Waals surface area (Å²) in [7, 11) is 0. The number of thioether (sulfide) groups is 1. The van der Waals surface area contributed by atoms with Crippen molar-refractivity contribution in [3.8, 4) is 0 Å². The van der Waals surface area contributed by atoms with Crippen molar-refractivity contribution in [2.24, 2.45) is 0 Å². The summed E-state index contributed by atoms with van der Waals surface area (Å²) in [6.07, 6.45) is 5.12. The molecule has 1 aliphatic heterocycles. The fraction of sp³-hybridized carbons (Fsp3) is 0.217. The Balaban J connectivity index is 1.26. The molecule has 0 atom stereocenters. The number of amides is 1. The lowest BCUT2D eigenvalue weighted by atomic mass is 10.1. The number of hydrogen-bond acceptors (Lipinski definition) is 7. The lowest BCUT2D eigenvalue weighted by Crippen LogP contribution is -2.49. The van der Waals surface area contributed by atoms with Crippen LogP contribution < -0.4 is 4.90 Å². The summed E-state index contributed by atoms with van der Waals surface area (Å²) >= 11 is 1.50. The standard InChI is InChI=1S/C23H21N5O2S/c29-22(28-13-11-27(12-14-28)21-15-24-9-10-25-21)18-6-2-1-5-17(18)16-31-23-26-19-7-3-4-8-20(19)30-23/h1-10,15H,11-14,16H2. The van der Waals surface area contributed by atoms with Crippen molar-refractivity contribution in [3.05, 3.63) is 78.2 Å². The van der Waals surface area contributed by atoms with Gasteiger partial charge in [-0.1, -0.05) is 42.1 Å². The van der Waals surface area contributed by atoms with E-state index in [0.29, 0.717) is 24.1 Å². The molecule has 0 spiro atoms. The molecule has 1 fully saturated rings. The first-order chi connectivity index (χ1) is 15.3. The van der Waals surface area contributed by atoms with Gasteiger partial charge in [-0.2, -0.15) is 0 Å². The normalized spacial score (nSPS) is 14.2. The number of carbonyl (C=O) groups is 1. The Morgan fingerprint density at radius 1 is 1.00 bits per heavy atom. The molecule has 31 heavy (non-hydrogen) atoms. The van der Waals surface area contributed by atoms with Gasteiger partial charge in [0.25, 0.3) is 11.1 Å². The number of piperazine rings is 1. The average Bonchev–Trinajstić information content (AvgIpc) is 3.26. The summed E-state index contributed by atoms with van der Waals surface area (Å²) in [6, 6.07) is 15.5. The van der Waals surface area contributed by atoms with Gasteiger partial charge in [-0.25, -0.2) is 9.97 Å². The minimum atomic E-state index is 0.0626. The molecule has 0 aliphatic carbocycles. The number of nitrogens with zero attached hydrogens (tertiary/aromatic N) is 5. The molecule has 5 rings (SSSR count). The quantitative estimate of drug-likeness (QED) is 0.444. The number of fused-ring (bicyclic) bond motifs is 1. The number of anilines is 1. The van der Waals surface area contributed by atoms with Gasteiger partial charge in [-0.3, -0.25) is 9.78 Å². The van der Waals surface area contributed by atoms with E-state index in [1.807, 2.05) is 53.4 Å². The van der Waals surface area contributed by atoms with Crippen LogP contribution in [0, 0.1) is 0 Å². The lowest BCUT2D eigenvalue weighted by Gasteiger charge is -2.35. The zero-order chi connectivity index (χ0) is 21.0. The Hall–Kier alpha value is -3.39. The first-order valence-corrected chi connectivity index (χ1v) is 11.1. The number of carbonyl (C=O) groups excluding carboxylic acids is 1. The summed E-state index contributed by atoms with van der Waals surface area (Å²) < 4.78 is 5.80. The molecule has 2 aromatic heterocycles. The number of aromatic nitrogens is 3. The summed E-state index contributed by atoms with van der Waals surface area (Å²) in [4.78, 5) is 30.3. The Labute approximate surface area is 184 Å². The van der Waals surface area contributed by atoms with E-state index in [-0.39, 0.29) is 5.91 Å². The smallest absolute Gasteiger partial charge is 0.257 e. The van der Waals surface area contributed by atoms with Crippen molar-refractivity contribution in [3.63, 3.8) is 0 Å². The van der Waals surface area contributed by atoms with E-state index in [4.69, 9.17) is 4.42 Å². The maximum atomic E-state index is 13.2. The van der Waals surface area contributed by atoms with E-state index in [1.54, 1.807) is 18.6 Å². The Kier molecular flexibility index (Phi) is 5.54. The third kappa shape index (κ3) is 4.25. The van der Waals surface area contributed by atoms with Crippen LogP contribution >= 0.6 is 11.8 Å². The molecule has 0 bridgehead atoms. The molecule has 0 unspecified atom stereocenters. The minimum absolute atomic E-state index is 0.0626. The van der Waals surface area contributed by atoms with E-state index in [1.165, 1.54) is 11.8 Å². The van der Waals surface area contributed by atoms with Gasteiger partial charge in [0, 0.05) is 49.9 Å². The van der Waals surface area contributed by atoms with E-state index >= 15 is 0 Å². The van der Waals surface area contributed by atoms with Gasteiger partial charge in [-0.15, -0.1) is 0 Å². The highest BCUT2D eigenvalue weighted by molar-refractivity contribution is 7.98. The molecule has 2 aromatic carbocycles. The van der Waals surface area contributed by atoms with Crippen LogP contribution in [0.3, 0.4) is 0 Å². The molecule has 1 aliphatic rings. The second-order valence-electron chi connectivity index (χ2n) is 7.24. The molecule has 1 saturated heterocycles. The molecule has 0 radical (unpaired) electrons. The van der Waals surface area contributed by atoms with E-state index in [0.717, 1.165) is 41.1 Å². The molecule has 0 N–H and O–H groups in total. The van der Waals surface area contributed by atoms with E-state index in [9.17, 15) is 4.79 Å². The average molecular weight is 432 g/mol. The molecular formula is C23H21N5O2S. The molecule has 1 amide bonds.